The quantitative estimate of drug-likeness (QED) is 0.503. The first kappa shape index (κ1) is 17.2. The van der Waals surface area contributed by atoms with Crippen LogP contribution < -0.4 is 0 Å². The molecule has 16 heavy (non-hydrogen) atoms. The third kappa shape index (κ3) is 8.16. The van der Waals surface area contributed by atoms with Gasteiger partial charge in [0.05, 0.1) is 18.9 Å². The molecule has 7 heteroatoms. The molecule has 5 nitrogen and oxygen atoms in total. The molecule has 0 spiro atoms. The summed E-state index contributed by atoms with van der Waals surface area (Å²) in [7, 11) is -3.13. The van der Waals surface area contributed by atoms with Crippen molar-refractivity contribution >= 4 is 37.6 Å². The van der Waals surface area contributed by atoms with Gasteiger partial charge in [-0.25, -0.2) is 14.4 Å². The zero-order chi connectivity index (χ0) is 11.6. The van der Waals surface area contributed by atoms with Crippen LogP contribution in [0.4, 0.5) is 0 Å². The second-order valence-electron chi connectivity index (χ2n) is 2.44. The fraction of sp³-hybridized carbons (Fsp3) is 0.333. The average molecular weight is 265 g/mol. The van der Waals surface area contributed by atoms with Gasteiger partial charge in [-0.05, 0) is 0 Å². The first-order chi connectivity index (χ1) is 7.18. The molecule has 0 amide bonds. The van der Waals surface area contributed by atoms with Gasteiger partial charge in [-0.1, -0.05) is 0 Å². The van der Waals surface area contributed by atoms with Crippen LogP contribution in [-0.4, -0.2) is 36.8 Å². The highest BCUT2D eigenvalue weighted by atomic mass is 35.5. The minimum absolute atomic E-state index is 0. The van der Waals surface area contributed by atoms with Crippen LogP contribution in [0.2, 0.25) is 0 Å². The van der Waals surface area contributed by atoms with E-state index in [4.69, 9.17) is 4.52 Å². The summed E-state index contributed by atoms with van der Waals surface area (Å²) in [5.74, 6) is 4.38. The van der Waals surface area contributed by atoms with E-state index in [1.54, 1.807) is 0 Å². The fourth-order valence-electron chi connectivity index (χ4n) is 0.740. The Morgan fingerprint density at radius 2 is 1.38 bits per heavy atom. The summed E-state index contributed by atoms with van der Waals surface area (Å²) in [6, 6.07) is 0. The smallest absolute Gasteiger partial charge is 0.212 e. The SMILES string of the molecule is Cl.O=C=CCOP(=O)(CC=C=O)CC=C=O. The molecule has 0 radical (unpaired) electrons. The molecule has 0 aromatic heterocycles. The lowest BCUT2D eigenvalue weighted by Gasteiger charge is -2.12. The molecule has 88 valence electrons. The predicted octanol–water partition coefficient (Wildman–Crippen LogP) is 0.866. The van der Waals surface area contributed by atoms with Gasteiger partial charge in [-0.2, -0.15) is 0 Å². The van der Waals surface area contributed by atoms with Crippen molar-refractivity contribution in [1.82, 2.24) is 0 Å². The average Bonchev–Trinajstić information content (AvgIpc) is 2.24. The van der Waals surface area contributed by atoms with Crippen LogP contribution >= 0.6 is 19.8 Å². The lowest BCUT2D eigenvalue weighted by atomic mass is 10.7. The van der Waals surface area contributed by atoms with Crippen LogP contribution in [0.5, 0.6) is 0 Å². The molecule has 0 atom stereocenters. The van der Waals surface area contributed by atoms with Crippen molar-refractivity contribution in [2.45, 2.75) is 0 Å². The Hall–Kier alpha value is -1.17. The minimum atomic E-state index is -3.13. The molecule has 0 unspecified atom stereocenters. The lowest BCUT2D eigenvalue weighted by molar-refractivity contribution is 0.357. The van der Waals surface area contributed by atoms with Gasteiger partial charge in [0.25, 0.3) is 0 Å². The maximum Gasteiger partial charge on any atom is 0.212 e. The van der Waals surface area contributed by atoms with Crippen LogP contribution in [-0.2, 0) is 23.5 Å². The number of hydrogen-bond acceptors (Lipinski definition) is 5. The molecule has 0 bridgehead atoms. The maximum absolute atomic E-state index is 11.8. The molecular formula is C9H10ClO5P. The fourth-order valence-corrected chi connectivity index (χ4v) is 2.15. The van der Waals surface area contributed by atoms with Crippen molar-refractivity contribution < 1.29 is 23.5 Å². The van der Waals surface area contributed by atoms with Crippen molar-refractivity contribution in [3.63, 3.8) is 0 Å². The Labute approximate surface area is 98.7 Å². The van der Waals surface area contributed by atoms with Crippen molar-refractivity contribution in [1.29, 1.82) is 0 Å². The van der Waals surface area contributed by atoms with Crippen molar-refractivity contribution in [2.24, 2.45) is 0 Å². The topological polar surface area (TPSA) is 77.5 Å². The van der Waals surface area contributed by atoms with Gasteiger partial charge in [-0.15, -0.1) is 12.4 Å². The monoisotopic (exact) mass is 264 g/mol. The number of carbonyl (C=O) groups excluding carboxylic acids is 3. The summed E-state index contributed by atoms with van der Waals surface area (Å²) in [5.41, 5.74) is 0. The summed E-state index contributed by atoms with van der Waals surface area (Å²) < 4.78 is 16.7. The molecule has 0 aliphatic rings. The van der Waals surface area contributed by atoms with Crippen LogP contribution in [0.15, 0.2) is 18.2 Å². The summed E-state index contributed by atoms with van der Waals surface area (Å²) >= 11 is 0. The third-order valence-corrected chi connectivity index (χ3v) is 3.48. The Morgan fingerprint density at radius 1 is 0.938 bits per heavy atom. The number of halogens is 1. The van der Waals surface area contributed by atoms with E-state index in [9.17, 15) is 18.9 Å². The standard InChI is InChI=1S/C9H9O5P.ClH/c10-4-1-7-14-15(13,8-2-5-11)9-3-6-12;/h1-3H,7-9H2;1H. The van der Waals surface area contributed by atoms with Gasteiger partial charge in [-0.3, -0.25) is 4.57 Å². The summed E-state index contributed by atoms with van der Waals surface area (Å²) in [5, 5.41) is 0. The van der Waals surface area contributed by atoms with E-state index in [0.29, 0.717) is 0 Å². The normalized spacial score (nSPS) is 11.8. The van der Waals surface area contributed by atoms with Crippen molar-refractivity contribution in [3.8, 4) is 0 Å². The zero-order valence-electron chi connectivity index (χ0n) is 8.25. The molecule has 0 saturated heterocycles. The van der Waals surface area contributed by atoms with Gasteiger partial charge in [0.2, 0.25) is 7.37 Å². The van der Waals surface area contributed by atoms with Crippen LogP contribution in [0, 0.1) is 0 Å². The van der Waals surface area contributed by atoms with E-state index in [0.717, 1.165) is 18.2 Å². The first-order valence-corrected chi connectivity index (χ1v) is 5.98. The number of allylic oxidation sites excluding steroid dienone is 2. The van der Waals surface area contributed by atoms with E-state index in [1.807, 2.05) is 0 Å². The van der Waals surface area contributed by atoms with Gasteiger partial charge >= 0.3 is 0 Å². The van der Waals surface area contributed by atoms with Gasteiger partial charge in [0.15, 0.2) is 0 Å². The third-order valence-electron chi connectivity index (χ3n) is 1.38. The molecular weight excluding hydrogens is 255 g/mol. The molecule has 0 aliphatic heterocycles. The highest BCUT2D eigenvalue weighted by molar-refractivity contribution is 7.59. The van der Waals surface area contributed by atoms with E-state index in [2.05, 4.69) is 0 Å². The van der Waals surface area contributed by atoms with E-state index < -0.39 is 7.37 Å². The highest BCUT2D eigenvalue weighted by Crippen LogP contribution is 2.46. The van der Waals surface area contributed by atoms with Gasteiger partial charge in [0, 0.05) is 18.2 Å². The van der Waals surface area contributed by atoms with E-state index in [-0.39, 0.29) is 31.3 Å². The molecule has 0 N–H and O–H groups in total. The summed E-state index contributed by atoms with van der Waals surface area (Å²) in [6.45, 7) is -0.166. The molecule has 0 rings (SSSR count). The summed E-state index contributed by atoms with van der Waals surface area (Å²) in [4.78, 5) is 29.7. The van der Waals surface area contributed by atoms with E-state index in [1.165, 1.54) is 17.8 Å². The maximum atomic E-state index is 11.8. The molecule has 0 aromatic carbocycles. The number of rotatable bonds is 7. The van der Waals surface area contributed by atoms with Crippen LogP contribution in [0.1, 0.15) is 0 Å². The minimum Gasteiger partial charge on any atom is -0.323 e. The highest BCUT2D eigenvalue weighted by Gasteiger charge is 2.19. The van der Waals surface area contributed by atoms with Crippen LogP contribution in [0.25, 0.3) is 0 Å². The Kier molecular flexibility index (Phi) is 11.1. The summed E-state index contributed by atoms with van der Waals surface area (Å²) in [6.07, 6.45) is 2.80. The second kappa shape index (κ2) is 10.4. The molecule has 0 heterocycles. The Morgan fingerprint density at radius 3 is 1.75 bits per heavy atom. The Bertz CT molecular complexity index is 363. The predicted molar refractivity (Wildman–Crippen MR) is 61.3 cm³/mol. The van der Waals surface area contributed by atoms with Crippen molar-refractivity contribution in [2.75, 3.05) is 18.9 Å². The van der Waals surface area contributed by atoms with E-state index >= 15 is 0 Å². The largest absolute Gasteiger partial charge is 0.323 e. The van der Waals surface area contributed by atoms with Crippen LogP contribution in [0.3, 0.4) is 0 Å². The van der Waals surface area contributed by atoms with Gasteiger partial charge < -0.3 is 4.52 Å². The lowest BCUT2D eigenvalue weighted by Crippen LogP contribution is -1.98. The molecule has 0 aliphatic carbocycles. The second-order valence-corrected chi connectivity index (χ2v) is 5.06. The van der Waals surface area contributed by atoms with Crippen molar-refractivity contribution in [3.05, 3.63) is 18.2 Å². The van der Waals surface area contributed by atoms with Gasteiger partial charge in [0.1, 0.15) is 17.8 Å². The molecule has 0 aromatic rings. The molecule has 0 fully saturated rings. The number of hydrogen-bond donors (Lipinski definition) is 0. The molecule has 0 saturated carbocycles. The first-order valence-electron chi connectivity index (χ1n) is 3.99. The zero-order valence-corrected chi connectivity index (χ0v) is 9.96. The Balaban J connectivity index is 0.